The van der Waals surface area contributed by atoms with E-state index >= 15 is 0 Å². The fraction of sp³-hybridized carbons (Fsp3) is 0.211. The number of benzene rings is 2. The minimum atomic E-state index is -0.0398. The summed E-state index contributed by atoms with van der Waals surface area (Å²) in [6.07, 6.45) is 0.480. The first kappa shape index (κ1) is 15.8. The Hall–Kier alpha value is -2.55. The van der Waals surface area contributed by atoms with E-state index in [2.05, 4.69) is 0 Å². The van der Waals surface area contributed by atoms with Crippen LogP contribution in [0, 0.1) is 0 Å². The molecule has 0 saturated carbocycles. The van der Waals surface area contributed by atoms with Crippen LogP contribution in [0.25, 0.3) is 0 Å². The highest BCUT2D eigenvalue weighted by atomic mass is 16.1. The smallest absolute Gasteiger partial charge is 0.160 e. The number of rotatable bonds is 6. The van der Waals surface area contributed by atoms with Crippen LogP contribution in [-0.4, -0.2) is 17.3 Å². The Morgan fingerprint density at radius 3 is 2.23 bits per heavy atom. The molecule has 0 aliphatic rings. The van der Waals surface area contributed by atoms with Gasteiger partial charge in [-0.3, -0.25) is 14.4 Å². The Bertz CT molecular complexity index is 729. The van der Waals surface area contributed by atoms with Crippen LogP contribution in [0.5, 0.6) is 0 Å². The van der Waals surface area contributed by atoms with E-state index in [1.807, 2.05) is 12.1 Å². The second-order valence-corrected chi connectivity index (χ2v) is 5.36. The lowest BCUT2D eigenvalue weighted by molar-refractivity contribution is -0.117. The van der Waals surface area contributed by atoms with Gasteiger partial charge in [0.15, 0.2) is 11.6 Å². The highest BCUT2D eigenvalue weighted by molar-refractivity contribution is 5.97. The largest absolute Gasteiger partial charge is 0.299 e. The van der Waals surface area contributed by atoms with Crippen molar-refractivity contribution in [2.75, 3.05) is 0 Å². The summed E-state index contributed by atoms with van der Waals surface area (Å²) < 4.78 is 0. The average Bonchev–Trinajstić information content (AvgIpc) is 2.47. The molecule has 0 aliphatic heterocycles. The quantitative estimate of drug-likeness (QED) is 0.767. The highest BCUT2D eigenvalue weighted by Gasteiger charge is 2.11. The van der Waals surface area contributed by atoms with Gasteiger partial charge in [-0.15, -0.1) is 0 Å². The van der Waals surface area contributed by atoms with Crippen molar-refractivity contribution in [3.63, 3.8) is 0 Å². The molecule has 0 bridgehead atoms. The van der Waals surface area contributed by atoms with Crippen LogP contribution >= 0.6 is 0 Å². The lowest BCUT2D eigenvalue weighted by Gasteiger charge is -2.07. The lowest BCUT2D eigenvalue weighted by Crippen LogP contribution is -2.10. The molecular formula is C19H18O3. The van der Waals surface area contributed by atoms with Gasteiger partial charge in [-0.1, -0.05) is 42.5 Å². The predicted molar refractivity (Wildman–Crippen MR) is 85.3 cm³/mol. The monoisotopic (exact) mass is 294 g/mol. The fourth-order valence-electron chi connectivity index (χ4n) is 2.42. The van der Waals surface area contributed by atoms with Crippen molar-refractivity contribution in [3.8, 4) is 0 Å². The number of Topliss-reactive ketones (excluding diaryl/α,β-unsaturated/α-hetero) is 3. The first-order valence-electron chi connectivity index (χ1n) is 7.18. The van der Waals surface area contributed by atoms with Crippen LogP contribution in [0.2, 0.25) is 0 Å². The number of carbonyl (C=O) groups is 3. The van der Waals surface area contributed by atoms with Crippen LogP contribution in [0.4, 0.5) is 0 Å². The van der Waals surface area contributed by atoms with Crippen LogP contribution < -0.4 is 0 Å². The van der Waals surface area contributed by atoms with E-state index in [1.54, 1.807) is 36.4 Å². The molecule has 0 aromatic heterocycles. The van der Waals surface area contributed by atoms with Gasteiger partial charge < -0.3 is 0 Å². The number of carbonyl (C=O) groups excluding carboxylic acids is 3. The summed E-state index contributed by atoms with van der Waals surface area (Å²) >= 11 is 0. The Morgan fingerprint density at radius 2 is 1.55 bits per heavy atom. The molecule has 3 nitrogen and oxygen atoms in total. The maximum absolute atomic E-state index is 12.2. The zero-order chi connectivity index (χ0) is 16.1. The van der Waals surface area contributed by atoms with Crippen molar-refractivity contribution in [2.24, 2.45) is 0 Å². The van der Waals surface area contributed by atoms with Crippen LogP contribution in [-0.2, 0) is 17.6 Å². The molecule has 0 N–H and O–H groups in total. The van der Waals surface area contributed by atoms with Crippen molar-refractivity contribution in [3.05, 3.63) is 70.8 Å². The molecule has 3 heteroatoms. The second-order valence-electron chi connectivity index (χ2n) is 5.36. The maximum atomic E-state index is 12.2. The minimum Gasteiger partial charge on any atom is -0.299 e. The van der Waals surface area contributed by atoms with Gasteiger partial charge in [0, 0.05) is 24.0 Å². The Kier molecular flexibility index (Phi) is 4.99. The third-order valence-electron chi connectivity index (χ3n) is 3.52. The SMILES string of the molecule is CC(=O)c1cccc(CC(=O)Cc2ccccc2C(C)=O)c1. The second kappa shape index (κ2) is 6.94. The van der Waals surface area contributed by atoms with Gasteiger partial charge in [-0.25, -0.2) is 0 Å². The van der Waals surface area contributed by atoms with Crippen molar-refractivity contribution < 1.29 is 14.4 Å². The number of hydrogen-bond acceptors (Lipinski definition) is 3. The number of hydrogen-bond donors (Lipinski definition) is 0. The lowest BCUT2D eigenvalue weighted by atomic mass is 9.96. The Balaban J connectivity index is 2.12. The zero-order valence-electron chi connectivity index (χ0n) is 12.8. The molecule has 0 heterocycles. The van der Waals surface area contributed by atoms with E-state index in [1.165, 1.54) is 13.8 Å². The average molecular weight is 294 g/mol. The molecule has 0 spiro atoms. The standard InChI is InChI=1S/C19H18O3/c1-13(20)16-8-5-6-15(10-16)11-18(22)12-17-7-3-4-9-19(17)14(2)21/h3-10H,11-12H2,1-2H3. The van der Waals surface area contributed by atoms with E-state index in [9.17, 15) is 14.4 Å². The molecule has 0 amide bonds. The van der Waals surface area contributed by atoms with Gasteiger partial charge in [0.25, 0.3) is 0 Å². The van der Waals surface area contributed by atoms with Crippen molar-refractivity contribution in [1.82, 2.24) is 0 Å². The summed E-state index contributed by atoms with van der Waals surface area (Å²) in [5.41, 5.74) is 2.77. The molecule has 112 valence electrons. The topological polar surface area (TPSA) is 51.2 Å². The van der Waals surface area contributed by atoms with Crippen LogP contribution in [0.1, 0.15) is 45.7 Å². The third kappa shape index (κ3) is 3.98. The zero-order valence-corrected chi connectivity index (χ0v) is 12.8. The maximum Gasteiger partial charge on any atom is 0.160 e. The highest BCUT2D eigenvalue weighted by Crippen LogP contribution is 2.13. The molecule has 22 heavy (non-hydrogen) atoms. The summed E-state index contributed by atoms with van der Waals surface area (Å²) in [5.74, 6) is -0.0346. The van der Waals surface area contributed by atoms with E-state index < -0.39 is 0 Å². The van der Waals surface area contributed by atoms with Crippen LogP contribution in [0.15, 0.2) is 48.5 Å². The molecule has 0 radical (unpaired) electrons. The summed E-state index contributed by atoms with van der Waals surface area (Å²) in [7, 11) is 0. The normalized spacial score (nSPS) is 10.3. The van der Waals surface area contributed by atoms with E-state index in [0.29, 0.717) is 11.1 Å². The van der Waals surface area contributed by atoms with Crippen molar-refractivity contribution >= 4 is 17.3 Å². The predicted octanol–water partition coefficient (Wildman–Crippen LogP) is 3.45. The molecule has 2 rings (SSSR count). The Morgan fingerprint density at radius 1 is 0.818 bits per heavy atom. The number of ketones is 3. The van der Waals surface area contributed by atoms with Gasteiger partial charge in [0.05, 0.1) is 0 Å². The van der Waals surface area contributed by atoms with Crippen LogP contribution in [0.3, 0.4) is 0 Å². The fourth-order valence-corrected chi connectivity index (χ4v) is 2.42. The molecular weight excluding hydrogens is 276 g/mol. The van der Waals surface area contributed by atoms with Gasteiger partial charge in [-0.2, -0.15) is 0 Å². The first-order valence-corrected chi connectivity index (χ1v) is 7.18. The van der Waals surface area contributed by atoms with E-state index in [4.69, 9.17) is 0 Å². The molecule has 0 fully saturated rings. The molecule has 2 aromatic rings. The molecule has 0 saturated heterocycles. The summed E-state index contributed by atoms with van der Waals surface area (Å²) in [4.78, 5) is 35.2. The summed E-state index contributed by atoms with van der Waals surface area (Å²) in [6.45, 7) is 3.00. The van der Waals surface area contributed by atoms with Gasteiger partial charge in [-0.05, 0) is 31.0 Å². The van der Waals surface area contributed by atoms with E-state index in [0.717, 1.165) is 11.1 Å². The third-order valence-corrected chi connectivity index (χ3v) is 3.52. The Labute approximate surface area is 130 Å². The minimum absolute atomic E-state index is 0.0174. The van der Waals surface area contributed by atoms with Gasteiger partial charge >= 0.3 is 0 Å². The molecule has 0 atom stereocenters. The van der Waals surface area contributed by atoms with Gasteiger partial charge in [0.1, 0.15) is 5.78 Å². The molecule has 0 unspecified atom stereocenters. The molecule has 0 aliphatic carbocycles. The molecule has 2 aromatic carbocycles. The summed E-state index contributed by atoms with van der Waals surface area (Å²) in [6, 6.07) is 14.3. The van der Waals surface area contributed by atoms with Crippen molar-refractivity contribution in [1.29, 1.82) is 0 Å². The van der Waals surface area contributed by atoms with Gasteiger partial charge in [0.2, 0.25) is 0 Å². The van der Waals surface area contributed by atoms with Crippen molar-refractivity contribution in [2.45, 2.75) is 26.7 Å². The van der Waals surface area contributed by atoms with E-state index in [-0.39, 0.29) is 30.2 Å². The first-order chi connectivity index (χ1) is 10.5. The summed E-state index contributed by atoms with van der Waals surface area (Å²) in [5, 5.41) is 0.